The highest BCUT2D eigenvalue weighted by molar-refractivity contribution is 5.95. The Labute approximate surface area is 183 Å². The molecule has 3 fully saturated rings. The van der Waals surface area contributed by atoms with Gasteiger partial charge in [0.2, 0.25) is 0 Å². The lowest BCUT2D eigenvalue weighted by atomic mass is 9.46. The molecule has 3 saturated carbocycles. The molecular formula is C27H44O3. The maximum absolute atomic E-state index is 13.2. The first kappa shape index (κ1) is 22.5. The number of carbonyl (C=O) groups excluding carboxylic acids is 1. The molecule has 0 aliphatic heterocycles. The molecule has 0 amide bonds. The van der Waals surface area contributed by atoms with Gasteiger partial charge in [-0.25, -0.2) is 0 Å². The van der Waals surface area contributed by atoms with Crippen LogP contribution >= 0.6 is 0 Å². The lowest BCUT2D eigenvalue weighted by Crippen LogP contribution is -2.59. The molecule has 0 aromatic carbocycles. The zero-order chi connectivity index (χ0) is 21.9. The number of rotatable bonds is 5. The van der Waals surface area contributed by atoms with E-state index in [0.29, 0.717) is 24.2 Å². The van der Waals surface area contributed by atoms with Crippen molar-refractivity contribution in [3.8, 4) is 0 Å². The van der Waals surface area contributed by atoms with Crippen LogP contribution in [-0.2, 0) is 4.79 Å². The summed E-state index contributed by atoms with van der Waals surface area (Å²) in [6, 6.07) is 0. The molecule has 0 radical (unpaired) electrons. The van der Waals surface area contributed by atoms with Crippen LogP contribution in [-0.4, -0.2) is 27.7 Å². The molecule has 2 N–H and O–H groups in total. The Balaban J connectivity index is 1.61. The van der Waals surface area contributed by atoms with E-state index >= 15 is 0 Å². The summed E-state index contributed by atoms with van der Waals surface area (Å²) in [6.45, 7) is 11.6. The van der Waals surface area contributed by atoms with Gasteiger partial charge in [-0.15, -0.1) is 0 Å². The molecule has 4 rings (SSSR count). The van der Waals surface area contributed by atoms with Gasteiger partial charge in [0, 0.05) is 11.3 Å². The summed E-state index contributed by atoms with van der Waals surface area (Å²) >= 11 is 0. The number of carbonyl (C=O) groups is 1. The van der Waals surface area contributed by atoms with Crippen LogP contribution in [0, 0.1) is 40.4 Å². The first-order chi connectivity index (χ1) is 14.0. The summed E-state index contributed by atoms with van der Waals surface area (Å²) in [7, 11) is 0. The Kier molecular flexibility index (Phi) is 5.80. The van der Waals surface area contributed by atoms with Crippen LogP contribution in [0.1, 0.15) is 98.8 Å². The normalized spacial score (nSPS) is 46.8. The zero-order valence-electron chi connectivity index (χ0n) is 19.9. The van der Waals surface area contributed by atoms with E-state index in [2.05, 4.69) is 34.6 Å². The molecule has 0 heterocycles. The molecule has 4 aliphatic carbocycles. The van der Waals surface area contributed by atoms with Gasteiger partial charge in [0.1, 0.15) is 0 Å². The Morgan fingerprint density at radius 1 is 1.03 bits per heavy atom. The number of aliphatic hydroxyl groups is 2. The third-order valence-electron chi connectivity index (χ3n) is 10.3. The van der Waals surface area contributed by atoms with Crippen LogP contribution in [0.25, 0.3) is 0 Å². The summed E-state index contributed by atoms with van der Waals surface area (Å²) in [5.74, 6) is 2.28. The second-order valence-electron chi connectivity index (χ2n) is 12.3. The molecular weight excluding hydrogens is 372 g/mol. The van der Waals surface area contributed by atoms with Crippen molar-refractivity contribution in [3.05, 3.63) is 11.6 Å². The minimum absolute atomic E-state index is 0.0740. The van der Waals surface area contributed by atoms with E-state index in [-0.39, 0.29) is 28.6 Å². The topological polar surface area (TPSA) is 57.5 Å². The Morgan fingerprint density at radius 2 is 1.77 bits per heavy atom. The second-order valence-corrected chi connectivity index (χ2v) is 12.3. The Morgan fingerprint density at radius 3 is 2.47 bits per heavy atom. The number of hydrogen-bond donors (Lipinski definition) is 2. The van der Waals surface area contributed by atoms with Gasteiger partial charge in [0.25, 0.3) is 0 Å². The standard InChI is InChI=1S/C27H44O3/c1-17(2)7-6-8-18(3)20-11-14-27(30)22-16-24(29)23-15-19(28)9-12-25(23,4)21(22)10-13-26(20,27)5/h16-21,23,28,30H,6-15H2,1-5H3/t18-,19+,20-,21+,23-,25-,26-,27-/m1/s1. The van der Waals surface area contributed by atoms with Crippen LogP contribution in [0.2, 0.25) is 0 Å². The van der Waals surface area contributed by atoms with E-state index in [4.69, 9.17) is 0 Å². The third kappa shape index (κ3) is 3.25. The fourth-order valence-electron chi connectivity index (χ4n) is 8.32. The molecule has 3 nitrogen and oxygen atoms in total. The van der Waals surface area contributed by atoms with Crippen LogP contribution < -0.4 is 0 Å². The highest BCUT2D eigenvalue weighted by Crippen LogP contribution is 2.68. The molecule has 0 spiro atoms. The highest BCUT2D eigenvalue weighted by atomic mass is 16.3. The predicted molar refractivity (Wildman–Crippen MR) is 121 cm³/mol. The smallest absolute Gasteiger partial charge is 0.159 e. The lowest BCUT2D eigenvalue weighted by Gasteiger charge is -2.59. The maximum Gasteiger partial charge on any atom is 0.159 e. The summed E-state index contributed by atoms with van der Waals surface area (Å²) < 4.78 is 0. The predicted octanol–water partition coefficient (Wildman–Crippen LogP) is 5.68. The van der Waals surface area contributed by atoms with Crippen LogP contribution in [0.4, 0.5) is 0 Å². The summed E-state index contributed by atoms with van der Waals surface area (Å²) in [6.07, 6.45) is 11.6. The van der Waals surface area contributed by atoms with Gasteiger partial charge in [-0.1, -0.05) is 53.9 Å². The first-order valence-electron chi connectivity index (χ1n) is 12.7. The van der Waals surface area contributed by atoms with Crippen molar-refractivity contribution in [1.82, 2.24) is 0 Å². The van der Waals surface area contributed by atoms with Gasteiger partial charge in [-0.2, -0.15) is 0 Å². The zero-order valence-corrected chi connectivity index (χ0v) is 19.9. The lowest BCUT2D eigenvalue weighted by molar-refractivity contribution is -0.141. The maximum atomic E-state index is 13.2. The first-order valence-corrected chi connectivity index (χ1v) is 12.7. The SMILES string of the molecule is CC(C)CCC[C@@H](C)[C@H]1CC[C@@]2(O)C3=CC(=O)[C@H]4C[C@@H](O)CC[C@]4(C)[C@H]3CC[C@]12C. The van der Waals surface area contributed by atoms with E-state index in [1.165, 1.54) is 19.3 Å². The summed E-state index contributed by atoms with van der Waals surface area (Å²) in [5.41, 5.74) is 0.0168. The Hall–Kier alpha value is -0.670. The molecule has 8 atom stereocenters. The molecule has 30 heavy (non-hydrogen) atoms. The molecule has 170 valence electrons. The van der Waals surface area contributed by atoms with E-state index in [9.17, 15) is 15.0 Å². The monoisotopic (exact) mass is 416 g/mol. The van der Waals surface area contributed by atoms with E-state index in [1.54, 1.807) is 0 Å². The number of ketones is 1. The third-order valence-corrected chi connectivity index (χ3v) is 10.3. The van der Waals surface area contributed by atoms with Crippen LogP contribution in [0.15, 0.2) is 11.6 Å². The summed E-state index contributed by atoms with van der Waals surface area (Å²) in [4.78, 5) is 13.2. The number of fused-ring (bicyclic) bond motifs is 5. The quantitative estimate of drug-likeness (QED) is 0.606. The van der Waals surface area contributed by atoms with Crippen molar-refractivity contribution in [1.29, 1.82) is 0 Å². The molecule has 0 bridgehead atoms. The fraction of sp³-hybridized carbons (Fsp3) is 0.889. The molecule has 0 aromatic heterocycles. The van der Waals surface area contributed by atoms with Crippen molar-refractivity contribution in [3.63, 3.8) is 0 Å². The molecule has 0 aromatic rings. The fourth-order valence-corrected chi connectivity index (χ4v) is 8.32. The van der Waals surface area contributed by atoms with Crippen LogP contribution in [0.5, 0.6) is 0 Å². The average molecular weight is 417 g/mol. The van der Waals surface area contributed by atoms with Gasteiger partial charge in [0.15, 0.2) is 5.78 Å². The van der Waals surface area contributed by atoms with Crippen molar-refractivity contribution >= 4 is 5.78 Å². The van der Waals surface area contributed by atoms with Crippen LogP contribution in [0.3, 0.4) is 0 Å². The van der Waals surface area contributed by atoms with Crippen molar-refractivity contribution < 1.29 is 15.0 Å². The van der Waals surface area contributed by atoms with Gasteiger partial charge in [-0.3, -0.25) is 4.79 Å². The average Bonchev–Trinajstić information content (AvgIpc) is 2.95. The number of allylic oxidation sites excluding steroid dienone is 1. The number of aliphatic hydroxyl groups excluding tert-OH is 1. The molecule has 3 heteroatoms. The van der Waals surface area contributed by atoms with Gasteiger partial charge in [-0.05, 0) is 85.7 Å². The Bertz CT molecular complexity index is 711. The van der Waals surface area contributed by atoms with E-state index < -0.39 is 5.60 Å². The van der Waals surface area contributed by atoms with E-state index in [1.807, 2.05) is 6.08 Å². The minimum atomic E-state index is -0.827. The largest absolute Gasteiger partial charge is 0.393 e. The van der Waals surface area contributed by atoms with Gasteiger partial charge < -0.3 is 10.2 Å². The summed E-state index contributed by atoms with van der Waals surface area (Å²) in [5, 5.41) is 22.4. The highest BCUT2D eigenvalue weighted by Gasteiger charge is 2.66. The van der Waals surface area contributed by atoms with Gasteiger partial charge >= 0.3 is 0 Å². The second kappa shape index (κ2) is 7.73. The molecule has 4 aliphatic rings. The minimum Gasteiger partial charge on any atom is -0.393 e. The van der Waals surface area contributed by atoms with Crippen molar-refractivity contribution in [2.75, 3.05) is 0 Å². The van der Waals surface area contributed by atoms with E-state index in [0.717, 1.165) is 50.0 Å². The van der Waals surface area contributed by atoms with Crippen molar-refractivity contribution in [2.45, 2.75) is 111 Å². The van der Waals surface area contributed by atoms with Gasteiger partial charge in [0.05, 0.1) is 11.7 Å². The molecule has 0 unspecified atom stereocenters. The molecule has 0 saturated heterocycles. The number of hydrogen-bond acceptors (Lipinski definition) is 3. The van der Waals surface area contributed by atoms with Crippen molar-refractivity contribution in [2.24, 2.45) is 40.4 Å².